The smallest absolute Gasteiger partial charge is 0.231 e. The summed E-state index contributed by atoms with van der Waals surface area (Å²) < 4.78 is 0. The van der Waals surface area contributed by atoms with Gasteiger partial charge in [0.05, 0.1) is 5.92 Å². The summed E-state index contributed by atoms with van der Waals surface area (Å²) in [6.45, 7) is 3.38. The van der Waals surface area contributed by atoms with Crippen LogP contribution in [0.5, 0.6) is 0 Å². The Morgan fingerprint density at radius 1 is 1.29 bits per heavy atom. The summed E-state index contributed by atoms with van der Waals surface area (Å²) in [5.41, 5.74) is 0. The zero-order valence-corrected chi connectivity index (χ0v) is 15.1. The van der Waals surface area contributed by atoms with Gasteiger partial charge in [-0.15, -0.1) is 10.2 Å². The number of unbranched alkanes of at least 4 members (excludes halogenated alkanes) is 1. The first-order valence-electron chi connectivity index (χ1n) is 9.09. The number of nitrogens with one attached hydrogen (secondary N) is 1. The predicted octanol–water partition coefficient (Wildman–Crippen LogP) is 3.17. The molecule has 0 unspecified atom stereocenters. The molecule has 2 fully saturated rings. The van der Waals surface area contributed by atoms with E-state index in [1.54, 1.807) is 4.90 Å². The number of hydrogen-bond acceptors (Lipinski definition) is 5. The van der Waals surface area contributed by atoms with E-state index in [0.29, 0.717) is 24.0 Å². The van der Waals surface area contributed by atoms with Crippen molar-refractivity contribution in [1.29, 1.82) is 0 Å². The maximum atomic E-state index is 12.4. The van der Waals surface area contributed by atoms with E-state index >= 15 is 0 Å². The normalized spacial score (nSPS) is 22.1. The second-order valence-electron chi connectivity index (χ2n) is 6.86. The Bertz CT molecular complexity index is 583. The number of carbonyl (C=O) groups excluding carboxylic acids is 2. The molecule has 1 aliphatic heterocycles. The Hall–Kier alpha value is -1.50. The van der Waals surface area contributed by atoms with Crippen LogP contribution in [0.1, 0.15) is 69.2 Å². The quantitative estimate of drug-likeness (QED) is 0.855. The number of anilines is 1. The van der Waals surface area contributed by atoms with E-state index < -0.39 is 0 Å². The number of likely N-dealkylation sites (tertiary alicyclic amines) is 1. The van der Waals surface area contributed by atoms with Gasteiger partial charge in [-0.1, -0.05) is 43.9 Å². The van der Waals surface area contributed by atoms with Gasteiger partial charge in [0, 0.05) is 25.4 Å². The highest BCUT2D eigenvalue weighted by atomic mass is 32.1. The first-order valence-corrected chi connectivity index (χ1v) is 9.91. The molecule has 3 rings (SSSR count). The van der Waals surface area contributed by atoms with Crippen molar-refractivity contribution in [2.24, 2.45) is 5.92 Å². The minimum absolute atomic E-state index is 0.0868. The average molecular weight is 350 g/mol. The molecule has 1 N–H and O–H groups in total. The number of aromatic nitrogens is 2. The van der Waals surface area contributed by atoms with Crippen LogP contribution in [0.4, 0.5) is 5.13 Å². The third-order valence-corrected chi connectivity index (χ3v) is 5.99. The molecule has 0 radical (unpaired) electrons. The average Bonchev–Trinajstić information content (AvgIpc) is 3.20. The summed E-state index contributed by atoms with van der Waals surface area (Å²) in [5.74, 6) is 0.216. The molecule has 132 valence electrons. The lowest BCUT2D eigenvalue weighted by Crippen LogP contribution is -2.29. The van der Waals surface area contributed by atoms with Crippen molar-refractivity contribution in [3.05, 3.63) is 5.01 Å². The van der Waals surface area contributed by atoms with Gasteiger partial charge < -0.3 is 10.2 Å². The largest absolute Gasteiger partial charge is 0.342 e. The molecule has 2 amide bonds. The van der Waals surface area contributed by atoms with E-state index in [2.05, 4.69) is 22.4 Å². The highest BCUT2D eigenvalue weighted by Gasteiger charge is 2.34. The van der Waals surface area contributed by atoms with Gasteiger partial charge in [-0.3, -0.25) is 9.59 Å². The molecule has 1 aromatic heterocycles. The minimum Gasteiger partial charge on any atom is -0.342 e. The fraction of sp³-hybridized carbons (Fsp3) is 0.765. The van der Waals surface area contributed by atoms with Gasteiger partial charge in [-0.2, -0.15) is 0 Å². The molecule has 6 nitrogen and oxygen atoms in total. The van der Waals surface area contributed by atoms with E-state index in [1.807, 2.05) is 0 Å². The summed E-state index contributed by atoms with van der Waals surface area (Å²) in [6, 6.07) is 0. The molecule has 2 heterocycles. The van der Waals surface area contributed by atoms with Gasteiger partial charge >= 0.3 is 0 Å². The van der Waals surface area contributed by atoms with Gasteiger partial charge in [0.2, 0.25) is 16.9 Å². The van der Waals surface area contributed by atoms with E-state index in [9.17, 15) is 9.59 Å². The number of carbonyl (C=O) groups is 2. The van der Waals surface area contributed by atoms with Crippen LogP contribution in [0.2, 0.25) is 0 Å². The van der Waals surface area contributed by atoms with Crippen molar-refractivity contribution in [3.8, 4) is 0 Å². The van der Waals surface area contributed by atoms with Gasteiger partial charge in [0.15, 0.2) is 0 Å². The van der Waals surface area contributed by atoms with Gasteiger partial charge in [-0.05, 0) is 19.3 Å². The van der Waals surface area contributed by atoms with Crippen LogP contribution in [0.15, 0.2) is 0 Å². The van der Waals surface area contributed by atoms with Crippen LogP contribution in [0, 0.1) is 5.92 Å². The minimum atomic E-state index is -0.267. The highest BCUT2D eigenvalue weighted by molar-refractivity contribution is 7.15. The molecular weight excluding hydrogens is 324 g/mol. The Morgan fingerprint density at radius 2 is 2.08 bits per heavy atom. The summed E-state index contributed by atoms with van der Waals surface area (Å²) >= 11 is 1.49. The summed E-state index contributed by atoms with van der Waals surface area (Å²) in [7, 11) is 0. The second-order valence-corrected chi connectivity index (χ2v) is 7.87. The highest BCUT2D eigenvalue weighted by Crippen LogP contribution is 2.35. The maximum absolute atomic E-state index is 12.4. The number of nitrogens with zero attached hydrogens (tertiary/aromatic N) is 3. The number of amides is 2. The molecular formula is C17H26N4O2S. The Morgan fingerprint density at radius 3 is 2.83 bits per heavy atom. The van der Waals surface area contributed by atoms with E-state index in [0.717, 1.165) is 24.4 Å². The van der Waals surface area contributed by atoms with E-state index in [4.69, 9.17) is 0 Å². The lowest BCUT2D eigenvalue weighted by molar-refractivity contribution is -0.128. The monoisotopic (exact) mass is 350 g/mol. The third-order valence-electron chi connectivity index (χ3n) is 4.99. The Labute approximate surface area is 147 Å². The topological polar surface area (TPSA) is 75.2 Å². The molecule has 0 bridgehead atoms. The van der Waals surface area contributed by atoms with Gasteiger partial charge in [0.1, 0.15) is 5.01 Å². The van der Waals surface area contributed by atoms with Crippen molar-refractivity contribution < 1.29 is 9.59 Å². The molecule has 0 aromatic carbocycles. The Balaban J connectivity index is 1.53. The van der Waals surface area contributed by atoms with Crippen molar-refractivity contribution in [3.63, 3.8) is 0 Å². The number of rotatable bonds is 6. The molecule has 2 aliphatic rings. The number of hydrogen-bond donors (Lipinski definition) is 1. The molecule has 1 aliphatic carbocycles. The molecule has 7 heteroatoms. The van der Waals surface area contributed by atoms with Crippen molar-refractivity contribution in [2.75, 3.05) is 18.4 Å². The molecule has 24 heavy (non-hydrogen) atoms. The fourth-order valence-corrected chi connectivity index (χ4v) is 4.44. The third kappa shape index (κ3) is 4.12. The first kappa shape index (κ1) is 17.3. The summed E-state index contributed by atoms with van der Waals surface area (Å²) in [5, 5.41) is 12.9. The first-order chi connectivity index (χ1) is 11.7. The van der Waals surface area contributed by atoms with Crippen LogP contribution < -0.4 is 5.32 Å². The summed E-state index contributed by atoms with van der Waals surface area (Å²) in [6.07, 6.45) is 8.51. The molecule has 1 aromatic rings. The predicted molar refractivity (Wildman–Crippen MR) is 94.0 cm³/mol. The lowest BCUT2D eigenvalue weighted by atomic mass is 9.90. The molecule has 0 spiro atoms. The zero-order valence-electron chi connectivity index (χ0n) is 14.3. The zero-order chi connectivity index (χ0) is 16.9. The molecule has 1 atom stereocenters. The van der Waals surface area contributed by atoms with Crippen molar-refractivity contribution >= 4 is 28.3 Å². The van der Waals surface area contributed by atoms with Crippen LogP contribution >= 0.6 is 11.3 Å². The van der Waals surface area contributed by atoms with Crippen molar-refractivity contribution in [2.45, 2.75) is 64.2 Å². The lowest BCUT2D eigenvalue weighted by Gasteiger charge is -2.18. The van der Waals surface area contributed by atoms with Gasteiger partial charge in [0.25, 0.3) is 0 Å². The van der Waals surface area contributed by atoms with Crippen LogP contribution in [-0.4, -0.2) is 40.0 Å². The fourth-order valence-electron chi connectivity index (χ4n) is 3.52. The van der Waals surface area contributed by atoms with Crippen LogP contribution in [-0.2, 0) is 9.59 Å². The molecule has 1 saturated heterocycles. The standard InChI is InChI=1S/C17H26N4O2S/c1-2-3-9-21-11-13(10-14(21)22)15(23)18-17-20-19-16(24-17)12-7-5-4-6-8-12/h12-13H,2-11H2,1H3,(H,18,20,23)/t13-/m1/s1. The second kappa shape index (κ2) is 8.05. The molecule has 1 saturated carbocycles. The maximum Gasteiger partial charge on any atom is 0.231 e. The van der Waals surface area contributed by atoms with Crippen molar-refractivity contribution in [1.82, 2.24) is 15.1 Å². The SMILES string of the molecule is CCCCN1C[C@H](C(=O)Nc2nnc(C3CCCCC3)s2)CC1=O. The van der Waals surface area contributed by atoms with Gasteiger partial charge in [-0.25, -0.2) is 0 Å². The van der Waals surface area contributed by atoms with Crippen LogP contribution in [0.3, 0.4) is 0 Å². The Kier molecular flexibility index (Phi) is 5.81. The van der Waals surface area contributed by atoms with E-state index in [1.165, 1.54) is 43.4 Å². The van der Waals surface area contributed by atoms with E-state index in [-0.39, 0.29) is 17.7 Å². The summed E-state index contributed by atoms with van der Waals surface area (Å²) in [4.78, 5) is 26.2. The van der Waals surface area contributed by atoms with Crippen LogP contribution in [0.25, 0.3) is 0 Å².